The second-order valence-electron chi connectivity index (χ2n) is 2.52. The van der Waals surface area contributed by atoms with Gasteiger partial charge in [-0.25, -0.2) is 0 Å². The molecule has 0 nitrogen and oxygen atoms in total. The SMILES string of the molecule is Clc1ccc(C(Br)(Br)Br)c(CBr)c1Br. The van der Waals surface area contributed by atoms with Crippen molar-refractivity contribution in [3.8, 4) is 0 Å². The minimum absolute atomic E-state index is 0.413. The molecule has 0 heterocycles. The van der Waals surface area contributed by atoms with Crippen LogP contribution >= 0.6 is 91.3 Å². The summed E-state index contributed by atoms with van der Waals surface area (Å²) in [7, 11) is 0. The van der Waals surface area contributed by atoms with Crippen LogP contribution in [-0.2, 0) is 7.47 Å². The fourth-order valence-corrected chi connectivity index (χ4v) is 3.72. The first-order valence-electron chi connectivity index (χ1n) is 3.48. The molecule has 0 unspecified atom stereocenters. The first kappa shape index (κ1) is 14.0. The lowest BCUT2D eigenvalue weighted by Crippen LogP contribution is -2.03. The molecule has 78 valence electrons. The van der Waals surface area contributed by atoms with Crippen LogP contribution in [-0.4, -0.2) is 0 Å². The normalized spacial score (nSPS) is 11.9. The predicted molar refractivity (Wildman–Crippen MR) is 80.2 cm³/mol. The van der Waals surface area contributed by atoms with Crippen LogP contribution in [0.2, 0.25) is 5.02 Å². The minimum atomic E-state index is -0.413. The Bertz CT molecular complexity index is 344. The molecule has 0 aliphatic heterocycles. The summed E-state index contributed by atoms with van der Waals surface area (Å²) in [6.07, 6.45) is 0. The lowest BCUT2D eigenvalue weighted by Gasteiger charge is -2.18. The van der Waals surface area contributed by atoms with Gasteiger partial charge < -0.3 is 0 Å². The fourth-order valence-electron chi connectivity index (χ4n) is 0.989. The van der Waals surface area contributed by atoms with Gasteiger partial charge in [0.25, 0.3) is 0 Å². The van der Waals surface area contributed by atoms with Gasteiger partial charge in [-0.2, -0.15) is 0 Å². The maximum Gasteiger partial charge on any atom is 0.160 e. The van der Waals surface area contributed by atoms with Gasteiger partial charge in [0.05, 0.1) is 5.02 Å². The number of alkyl halides is 4. The van der Waals surface area contributed by atoms with Crippen molar-refractivity contribution in [1.82, 2.24) is 0 Å². The fraction of sp³-hybridized carbons (Fsp3) is 0.250. The van der Waals surface area contributed by atoms with Gasteiger partial charge in [0.2, 0.25) is 0 Å². The second kappa shape index (κ2) is 5.50. The number of benzene rings is 1. The first-order chi connectivity index (χ1) is 6.38. The van der Waals surface area contributed by atoms with Crippen molar-refractivity contribution in [3.05, 3.63) is 32.8 Å². The molecular weight excluding hydrogens is 531 g/mol. The molecule has 0 bridgehead atoms. The molecule has 1 aromatic rings. The van der Waals surface area contributed by atoms with Gasteiger partial charge in [-0.05, 0) is 33.1 Å². The molecule has 0 N–H and O–H groups in total. The summed E-state index contributed by atoms with van der Waals surface area (Å²) in [4.78, 5) is 0. The Balaban J connectivity index is 3.39. The van der Waals surface area contributed by atoms with E-state index < -0.39 is 2.14 Å². The van der Waals surface area contributed by atoms with Crippen LogP contribution in [0, 0.1) is 0 Å². The molecule has 0 saturated heterocycles. The lowest BCUT2D eigenvalue weighted by atomic mass is 10.1. The summed E-state index contributed by atoms with van der Waals surface area (Å²) >= 11 is 23.4. The van der Waals surface area contributed by atoms with E-state index in [1.807, 2.05) is 12.1 Å². The van der Waals surface area contributed by atoms with Crippen molar-refractivity contribution < 1.29 is 0 Å². The number of hydrogen-bond donors (Lipinski definition) is 0. The summed E-state index contributed by atoms with van der Waals surface area (Å²) in [6, 6.07) is 3.81. The topological polar surface area (TPSA) is 0 Å². The van der Waals surface area contributed by atoms with Gasteiger partial charge in [-0.15, -0.1) is 0 Å². The second-order valence-corrected chi connectivity index (χ2v) is 11.0. The van der Waals surface area contributed by atoms with Crippen LogP contribution in [0.1, 0.15) is 11.1 Å². The van der Waals surface area contributed by atoms with E-state index in [4.69, 9.17) is 11.6 Å². The van der Waals surface area contributed by atoms with Crippen LogP contribution in [0.3, 0.4) is 0 Å². The minimum Gasteiger partial charge on any atom is -0.0876 e. The number of rotatable bonds is 1. The molecule has 0 aromatic heterocycles. The highest BCUT2D eigenvalue weighted by molar-refractivity contribution is 9.38. The summed E-state index contributed by atoms with van der Waals surface area (Å²) < 4.78 is 0.500. The Hall–Kier alpha value is 1.91. The molecule has 14 heavy (non-hydrogen) atoms. The van der Waals surface area contributed by atoms with Crippen molar-refractivity contribution >= 4 is 91.3 Å². The van der Waals surface area contributed by atoms with Crippen molar-refractivity contribution in [2.75, 3.05) is 0 Å². The van der Waals surface area contributed by atoms with Crippen molar-refractivity contribution in [3.63, 3.8) is 0 Å². The first-order valence-corrected chi connectivity index (χ1v) is 8.15. The van der Waals surface area contributed by atoms with Crippen LogP contribution in [0.5, 0.6) is 0 Å². The average Bonchev–Trinajstić information content (AvgIpc) is 2.07. The molecule has 0 aliphatic carbocycles. The standard InChI is InChI=1S/C8H4Br5Cl/c9-3-4-5(8(11,12)13)1-2-6(14)7(4)10/h1-2H,3H2. The molecular formula is C8H4Br5Cl. The summed E-state index contributed by atoms with van der Waals surface area (Å²) in [5.74, 6) is 0. The highest BCUT2D eigenvalue weighted by Gasteiger charge is 2.25. The zero-order chi connectivity index (χ0) is 10.9. The Morgan fingerprint density at radius 1 is 1.21 bits per heavy atom. The van der Waals surface area contributed by atoms with Crippen molar-refractivity contribution in [1.29, 1.82) is 0 Å². The third-order valence-corrected chi connectivity index (χ3v) is 4.93. The molecule has 0 aliphatic rings. The van der Waals surface area contributed by atoms with E-state index in [1.54, 1.807) is 0 Å². The van der Waals surface area contributed by atoms with Gasteiger partial charge in [0.1, 0.15) is 0 Å². The molecule has 0 spiro atoms. The Labute approximate surface area is 130 Å². The van der Waals surface area contributed by atoms with Gasteiger partial charge in [0, 0.05) is 9.80 Å². The molecule has 1 rings (SSSR count). The number of halogens is 6. The largest absolute Gasteiger partial charge is 0.160 e. The van der Waals surface area contributed by atoms with Gasteiger partial charge in [0.15, 0.2) is 2.14 Å². The molecule has 0 fully saturated rings. The third kappa shape index (κ3) is 3.20. The number of hydrogen-bond acceptors (Lipinski definition) is 0. The van der Waals surface area contributed by atoms with Crippen LogP contribution in [0.4, 0.5) is 0 Å². The summed E-state index contributed by atoms with van der Waals surface area (Å²) in [6.45, 7) is 0. The van der Waals surface area contributed by atoms with E-state index in [2.05, 4.69) is 79.6 Å². The average molecular weight is 535 g/mol. The quantitative estimate of drug-likeness (QED) is 0.371. The summed E-state index contributed by atoms with van der Waals surface area (Å²) in [5.41, 5.74) is 2.17. The zero-order valence-electron chi connectivity index (χ0n) is 6.63. The Morgan fingerprint density at radius 3 is 2.21 bits per heavy atom. The molecule has 0 saturated carbocycles. The lowest BCUT2D eigenvalue weighted by molar-refractivity contribution is 1.25. The third-order valence-electron chi connectivity index (χ3n) is 1.64. The van der Waals surface area contributed by atoms with E-state index in [9.17, 15) is 0 Å². The molecule has 6 heteroatoms. The van der Waals surface area contributed by atoms with Crippen LogP contribution in [0.25, 0.3) is 0 Å². The molecule has 0 radical (unpaired) electrons. The van der Waals surface area contributed by atoms with Gasteiger partial charge in [-0.1, -0.05) is 81.4 Å². The maximum absolute atomic E-state index is 6.00. The van der Waals surface area contributed by atoms with E-state index in [-0.39, 0.29) is 0 Å². The van der Waals surface area contributed by atoms with Gasteiger partial charge >= 0.3 is 0 Å². The maximum atomic E-state index is 6.00. The predicted octanol–water partition coefficient (Wildman–Crippen LogP) is 6.29. The van der Waals surface area contributed by atoms with Crippen molar-refractivity contribution in [2.45, 2.75) is 7.47 Å². The Kier molecular flexibility index (Phi) is 5.49. The molecule has 1 aromatic carbocycles. The van der Waals surface area contributed by atoms with Crippen molar-refractivity contribution in [2.24, 2.45) is 0 Å². The van der Waals surface area contributed by atoms with Gasteiger partial charge in [-0.3, -0.25) is 0 Å². The van der Waals surface area contributed by atoms with E-state index >= 15 is 0 Å². The summed E-state index contributed by atoms with van der Waals surface area (Å²) in [5, 5.41) is 1.44. The van der Waals surface area contributed by atoms with E-state index in [0.29, 0.717) is 5.02 Å². The monoisotopic (exact) mass is 530 g/mol. The molecule has 0 amide bonds. The highest BCUT2D eigenvalue weighted by atomic mass is 80.0. The van der Waals surface area contributed by atoms with Crippen LogP contribution in [0.15, 0.2) is 16.6 Å². The van der Waals surface area contributed by atoms with E-state index in [1.165, 1.54) is 0 Å². The Morgan fingerprint density at radius 2 is 1.79 bits per heavy atom. The van der Waals surface area contributed by atoms with Crippen LogP contribution < -0.4 is 0 Å². The van der Waals surface area contributed by atoms with E-state index in [0.717, 1.165) is 20.9 Å². The zero-order valence-corrected chi connectivity index (χ0v) is 15.3. The molecule has 0 atom stereocenters. The smallest absolute Gasteiger partial charge is 0.0876 e. The highest BCUT2D eigenvalue weighted by Crippen LogP contribution is 2.48.